The average Bonchev–Trinajstić information content (AvgIpc) is 2.94. The van der Waals surface area contributed by atoms with E-state index in [0.29, 0.717) is 26.8 Å². The zero-order valence-electron chi connectivity index (χ0n) is 15.9. The van der Waals surface area contributed by atoms with E-state index in [9.17, 15) is 18.8 Å². The fourth-order valence-corrected chi connectivity index (χ4v) is 5.00. The summed E-state index contributed by atoms with van der Waals surface area (Å²) in [7, 11) is 0. The van der Waals surface area contributed by atoms with E-state index < -0.39 is 11.4 Å². The molecule has 2 amide bonds. The molecule has 0 bridgehead atoms. The summed E-state index contributed by atoms with van der Waals surface area (Å²) >= 11 is 1.95. The van der Waals surface area contributed by atoms with Crippen LogP contribution in [0.5, 0.6) is 0 Å². The number of halogens is 2. The number of piperidine rings is 1. The molecule has 2 aliphatic rings. The lowest BCUT2D eigenvalue weighted by atomic mass is 9.73. The van der Waals surface area contributed by atoms with E-state index in [4.69, 9.17) is 0 Å². The first kappa shape index (κ1) is 20.2. The Kier molecular flexibility index (Phi) is 5.29. The second-order valence-corrected chi connectivity index (χ2v) is 8.80. The molecule has 7 heteroatoms. The Hall–Kier alpha value is -2.13. The predicted octanol–water partition coefficient (Wildman–Crippen LogP) is 3.67. The van der Waals surface area contributed by atoms with Gasteiger partial charge in [-0.2, -0.15) is 0 Å². The van der Waals surface area contributed by atoms with E-state index in [1.807, 2.05) is 29.5 Å². The zero-order valence-corrected chi connectivity index (χ0v) is 18.0. The first-order chi connectivity index (χ1) is 13.8. The molecule has 0 aromatic heterocycles. The van der Waals surface area contributed by atoms with Gasteiger partial charge in [0.25, 0.3) is 11.8 Å². The molecule has 150 valence electrons. The number of nitrogens with one attached hydrogen (secondary N) is 1. The van der Waals surface area contributed by atoms with Gasteiger partial charge in [0.1, 0.15) is 11.4 Å². The molecule has 2 aromatic carbocycles. The minimum Gasteiger partial charge on any atom is -0.303 e. The summed E-state index contributed by atoms with van der Waals surface area (Å²) in [5.41, 5.74) is 0.00770. The smallest absolute Gasteiger partial charge is 0.261 e. The van der Waals surface area contributed by atoms with Gasteiger partial charge in [-0.05, 0) is 78.2 Å². The Labute approximate surface area is 181 Å². The van der Waals surface area contributed by atoms with Crippen LogP contribution in [0.25, 0.3) is 0 Å². The monoisotopic (exact) mass is 506 g/mol. The molecule has 5 nitrogen and oxygen atoms in total. The molecular formula is C22H20FIN2O3. The van der Waals surface area contributed by atoms with Gasteiger partial charge in [-0.1, -0.05) is 19.1 Å². The van der Waals surface area contributed by atoms with Crippen LogP contribution in [0.3, 0.4) is 0 Å². The van der Waals surface area contributed by atoms with Gasteiger partial charge >= 0.3 is 0 Å². The standard InChI is InChI=1S/C22H20FIN2O3/c1-13-5-4-10-25-22(13,19(27)17-9-8-14(23)11-18(17)24)12-26-20(28)15-6-2-3-7-16(15)21(26)29/h2-3,6-9,11,13,25H,4-5,10,12H2,1H3/t13-,22-/m1/s1. The predicted molar refractivity (Wildman–Crippen MR) is 114 cm³/mol. The summed E-state index contributed by atoms with van der Waals surface area (Å²) in [6.45, 7) is 2.52. The van der Waals surface area contributed by atoms with Crippen LogP contribution in [-0.4, -0.2) is 41.1 Å². The number of hydrogen-bond donors (Lipinski definition) is 1. The Bertz CT molecular complexity index is 990. The molecule has 2 aliphatic heterocycles. The highest BCUT2D eigenvalue weighted by Crippen LogP contribution is 2.34. The summed E-state index contributed by atoms with van der Waals surface area (Å²) in [4.78, 5) is 40.7. The molecule has 1 fully saturated rings. The van der Waals surface area contributed by atoms with Gasteiger partial charge in [0.15, 0.2) is 5.78 Å². The first-order valence-corrected chi connectivity index (χ1v) is 10.6. The van der Waals surface area contributed by atoms with Crippen molar-refractivity contribution < 1.29 is 18.8 Å². The molecule has 2 aromatic rings. The highest BCUT2D eigenvalue weighted by atomic mass is 127. The SMILES string of the molecule is C[C@@H]1CCCN[C@@]1(CN1C(=O)c2ccccc2C1=O)C(=O)c1ccc(F)cc1I. The topological polar surface area (TPSA) is 66.5 Å². The van der Waals surface area contributed by atoms with E-state index in [0.717, 1.165) is 12.8 Å². The van der Waals surface area contributed by atoms with Crippen molar-refractivity contribution in [3.63, 3.8) is 0 Å². The van der Waals surface area contributed by atoms with Gasteiger partial charge in [-0.25, -0.2) is 4.39 Å². The summed E-state index contributed by atoms with van der Waals surface area (Å²) in [5.74, 6) is -1.50. The molecule has 0 spiro atoms. The fourth-order valence-electron chi connectivity index (χ4n) is 4.27. The summed E-state index contributed by atoms with van der Waals surface area (Å²) < 4.78 is 14.1. The second-order valence-electron chi connectivity index (χ2n) is 7.64. The maximum atomic E-state index is 13.7. The van der Waals surface area contributed by atoms with Gasteiger partial charge in [0, 0.05) is 9.13 Å². The van der Waals surface area contributed by atoms with Crippen molar-refractivity contribution in [2.24, 2.45) is 5.92 Å². The zero-order chi connectivity index (χ0) is 20.8. The number of hydrogen-bond acceptors (Lipinski definition) is 4. The number of carbonyl (C=O) groups excluding carboxylic acids is 3. The number of Topliss-reactive ketones (excluding diaryl/α,β-unsaturated/α-hetero) is 1. The minimum absolute atomic E-state index is 0.0488. The van der Waals surface area contributed by atoms with Gasteiger partial charge < -0.3 is 5.32 Å². The van der Waals surface area contributed by atoms with Crippen LogP contribution in [0, 0.1) is 15.3 Å². The van der Waals surface area contributed by atoms with E-state index in [-0.39, 0.29) is 30.1 Å². The summed E-state index contributed by atoms with van der Waals surface area (Å²) in [6.07, 6.45) is 1.69. The molecule has 29 heavy (non-hydrogen) atoms. The Balaban J connectivity index is 1.74. The third-order valence-corrected chi connectivity index (χ3v) is 6.85. The van der Waals surface area contributed by atoms with E-state index in [2.05, 4.69) is 5.32 Å². The van der Waals surface area contributed by atoms with Crippen LogP contribution in [0.2, 0.25) is 0 Å². The molecule has 1 saturated heterocycles. The molecule has 2 atom stereocenters. The number of nitrogens with zero attached hydrogens (tertiary/aromatic N) is 1. The third kappa shape index (κ3) is 3.30. The van der Waals surface area contributed by atoms with Crippen molar-refractivity contribution >= 4 is 40.2 Å². The van der Waals surface area contributed by atoms with Gasteiger partial charge in [0.05, 0.1) is 17.7 Å². The van der Waals surface area contributed by atoms with Crippen molar-refractivity contribution in [3.8, 4) is 0 Å². The third-order valence-electron chi connectivity index (χ3n) is 5.96. The first-order valence-electron chi connectivity index (χ1n) is 9.55. The number of carbonyl (C=O) groups is 3. The minimum atomic E-state index is -1.11. The number of fused-ring (bicyclic) bond motifs is 1. The molecule has 2 heterocycles. The van der Waals surface area contributed by atoms with Gasteiger partial charge in [0.2, 0.25) is 0 Å². The number of ketones is 1. The molecule has 0 aliphatic carbocycles. The number of amides is 2. The van der Waals surface area contributed by atoms with Crippen molar-refractivity contribution in [1.82, 2.24) is 10.2 Å². The maximum absolute atomic E-state index is 13.7. The van der Waals surface area contributed by atoms with Crippen molar-refractivity contribution in [1.29, 1.82) is 0 Å². The normalized spacial score (nSPS) is 24.0. The largest absolute Gasteiger partial charge is 0.303 e. The highest BCUT2D eigenvalue weighted by molar-refractivity contribution is 14.1. The maximum Gasteiger partial charge on any atom is 0.261 e. The Morgan fingerprint density at radius 1 is 1.21 bits per heavy atom. The lowest BCUT2D eigenvalue weighted by molar-refractivity contribution is 0.0484. The van der Waals surface area contributed by atoms with Crippen molar-refractivity contribution in [2.75, 3.05) is 13.1 Å². The quantitative estimate of drug-likeness (QED) is 0.391. The molecule has 0 unspecified atom stereocenters. The molecule has 0 radical (unpaired) electrons. The van der Waals surface area contributed by atoms with Crippen LogP contribution < -0.4 is 5.32 Å². The van der Waals surface area contributed by atoms with Crippen LogP contribution in [-0.2, 0) is 0 Å². The Morgan fingerprint density at radius 2 is 1.86 bits per heavy atom. The fraction of sp³-hybridized carbons (Fsp3) is 0.318. The molecular weight excluding hydrogens is 486 g/mol. The van der Waals surface area contributed by atoms with E-state index in [1.165, 1.54) is 23.1 Å². The molecule has 0 saturated carbocycles. The van der Waals surface area contributed by atoms with Crippen molar-refractivity contribution in [2.45, 2.75) is 25.3 Å². The summed E-state index contributed by atoms with van der Waals surface area (Å²) in [5, 5.41) is 3.32. The summed E-state index contributed by atoms with van der Waals surface area (Å²) in [6, 6.07) is 10.8. The average molecular weight is 506 g/mol. The van der Waals surface area contributed by atoms with E-state index in [1.54, 1.807) is 24.3 Å². The Morgan fingerprint density at radius 3 is 2.45 bits per heavy atom. The number of rotatable bonds is 4. The van der Waals surface area contributed by atoms with Crippen LogP contribution in [0.4, 0.5) is 4.39 Å². The van der Waals surface area contributed by atoms with Crippen LogP contribution in [0.1, 0.15) is 50.8 Å². The highest BCUT2D eigenvalue weighted by Gasteiger charge is 2.50. The molecule has 1 N–H and O–H groups in total. The lowest BCUT2D eigenvalue weighted by Gasteiger charge is -2.44. The van der Waals surface area contributed by atoms with Crippen molar-refractivity contribution in [3.05, 3.63) is 68.5 Å². The number of benzene rings is 2. The second kappa shape index (κ2) is 7.60. The van der Waals surface area contributed by atoms with E-state index >= 15 is 0 Å². The van der Waals surface area contributed by atoms with Crippen LogP contribution >= 0.6 is 22.6 Å². The number of imide groups is 1. The van der Waals surface area contributed by atoms with Gasteiger partial charge in [-0.3, -0.25) is 19.3 Å². The molecule has 4 rings (SSSR count). The van der Waals surface area contributed by atoms with Crippen LogP contribution in [0.15, 0.2) is 42.5 Å². The van der Waals surface area contributed by atoms with Gasteiger partial charge in [-0.15, -0.1) is 0 Å². The lowest BCUT2D eigenvalue weighted by Crippen LogP contribution is -2.65.